The highest BCUT2D eigenvalue weighted by atomic mass is 19.4. The summed E-state index contributed by atoms with van der Waals surface area (Å²) in [5.41, 5.74) is 5.83. The summed E-state index contributed by atoms with van der Waals surface area (Å²) >= 11 is 0. The summed E-state index contributed by atoms with van der Waals surface area (Å²) in [6.07, 6.45) is -2.93. The minimum Gasteiger partial charge on any atom is -0.468 e. The van der Waals surface area contributed by atoms with Gasteiger partial charge in [-0.15, -0.1) is 0 Å². The number of hydrogen-bond donors (Lipinski definition) is 1. The van der Waals surface area contributed by atoms with Crippen molar-refractivity contribution in [1.82, 2.24) is 0 Å². The summed E-state index contributed by atoms with van der Waals surface area (Å²) in [7, 11) is 0. The average Bonchev–Trinajstić information content (AvgIpc) is 2.49. The molecule has 1 rings (SSSR count). The molecule has 0 unspecified atom stereocenters. The third kappa shape index (κ3) is 3.39. The Morgan fingerprint density at radius 3 is 2.71 bits per heavy atom. The zero-order valence-electron chi connectivity index (χ0n) is 7.30. The van der Waals surface area contributed by atoms with Crippen LogP contribution in [-0.4, -0.2) is 12.8 Å². The molecule has 0 atom stereocenters. The van der Waals surface area contributed by atoms with Crippen LogP contribution in [0, 0.1) is 0 Å². The SMILES string of the molecule is NCc1occc1COCC(F)(F)F. The van der Waals surface area contributed by atoms with Gasteiger partial charge in [-0.25, -0.2) is 0 Å². The van der Waals surface area contributed by atoms with Gasteiger partial charge in [0.1, 0.15) is 12.4 Å². The van der Waals surface area contributed by atoms with Gasteiger partial charge in [-0.1, -0.05) is 0 Å². The van der Waals surface area contributed by atoms with Crippen LogP contribution in [-0.2, 0) is 17.9 Å². The van der Waals surface area contributed by atoms with Crippen molar-refractivity contribution in [1.29, 1.82) is 0 Å². The van der Waals surface area contributed by atoms with Crippen molar-refractivity contribution in [3.63, 3.8) is 0 Å². The van der Waals surface area contributed by atoms with E-state index >= 15 is 0 Å². The molecule has 14 heavy (non-hydrogen) atoms. The topological polar surface area (TPSA) is 48.4 Å². The Morgan fingerprint density at radius 2 is 2.14 bits per heavy atom. The van der Waals surface area contributed by atoms with Crippen LogP contribution in [0.25, 0.3) is 0 Å². The smallest absolute Gasteiger partial charge is 0.411 e. The molecule has 6 heteroatoms. The lowest BCUT2D eigenvalue weighted by Gasteiger charge is -2.06. The van der Waals surface area contributed by atoms with Gasteiger partial charge >= 0.3 is 6.18 Å². The second-order valence-electron chi connectivity index (χ2n) is 2.68. The Hall–Kier alpha value is -1.01. The number of furan rings is 1. The van der Waals surface area contributed by atoms with Crippen LogP contribution in [0.1, 0.15) is 11.3 Å². The van der Waals surface area contributed by atoms with Gasteiger partial charge in [-0.05, 0) is 6.07 Å². The fraction of sp³-hybridized carbons (Fsp3) is 0.500. The van der Waals surface area contributed by atoms with Gasteiger partial charge in [0.25, 0.3) is 0 Å². The van der Waals surface area contributed by atoms with Crippen molar-refractivity contribution >= 4 is 0 Å². The highest BCUT2D eigenvalue weighted by Gasteiger charge is 2.27. The fourth-order valence-corrected chi connectivity index (χ4v) is 0.951. The van der Waals surface area contributed by atoms with E-state index < -0.39 is 12.8 Å². The van der Waals surface area contributed by atoms with E-state index in [1.54, 1.807) is 6.07 Å². The summed E-state index contributed by atoms with van der Waals surface area (Å²) < 4.78 is 44.4. The van der Waals surface area contributed by atoms with Crippen LogP contribution >= 0.6 is 0 Å². The summed E-state index contributed by atoms with van der Waals surface area (Å²) in [5, 5.41) is 0. The first-order valence-corrected chi connectivity index (χ1v) is 3.93. The Labute approximate surface area is 78.6 Å². The van der Waals surface area contributed by atoms with Gasteiger partial charge < -0.3 is 14.9 Å². The zero-order valence-corrected chi connectivity index (χ0v) is 7.30. The quantitative estimate of drug-likeness (QED) is 0.822. The highest BCUT2D eigenvalue weighted by Crippen LogP contribution is 2.17. The standard InChI is InChI=1S/C8H10F3NO2/c9-8(10,11)5-13-4-6-1-2-14-7(6)3-12/h1-2H,3-5,12H2. The van der Waals surface area contributed by atoms with Crippen LogP contribution in [0.15, 0.2) is 16.7 Å². The summed E-state index contributed by atoms with van der Waals surface area (Å²) in [4.78, 5) is 0. The van der Waals surface area contributed by atoms with E-state index in [1.807, 2.05) is 0 Å². The van der Waals surface area contributed by atoms with Gasteiger partial charge in [-0.2, -0.15) is 13.2 Å². The fourth-order valence-electron chi connectivity index (χ4n) is 0.951. The highest BCUT2D eigenvalue weighted by molar-refractivity contribution is 5.15. The molecular weight excluding hydrogens is 199 g/mol. The monoisotopic (exact) mass is 209 g/mol. The molecule has 1 aromatic rings. The van der Waals surface area contributed by atoms with Crippen LogP contribution in [0.4, 0.5) is 13.2 Å². The largest absolute Gasteiger partial charge is 0.468 e. The van der Waals surface area contributed by atoms with Crippen molar-refractivity contribution in [2.75, 3.05) is 6.61 Å². The van der Waals surface area contributed by atoms with Crippen molar-refractivity contribution in [3.05, 3.63) is 23.7 Å². The third-order valence-electron chi connectivity index (χ3n) is 1.55. The Bertz CT molecular complexity index is 282. The summed E-state index contributed by atoms with van der Waals surface area (Å²) in [6, 6.07) is 1.54. The molecule has 0 bridgehead atoms. The normalized spacial score (nSPS) is 12.0. The van der Waals surface area contributed by atoms with E-state index in [1.165, 1.54) is 6.26 Å². The molecule has 0 saturated heterocycles. The van der Waals surface area contributed by atoms with Gasteiger partial charge in [0.2, 0.25) is 0 Å². The van der Waals surface area contributed by atoms with Crippen LogP contribution in [0.2, 0.25) is 0 Å². The second kappa shape index (κ2) is 4.47. The molecule has 2 N–H and O–H groups in total. The van der Waals surface area contributed by atoms with Gasteiger partial charge in [0.05, 0.1) is 19.4 Å². The lowest BCUT2D eigenvalue weighted by molar-refractivity contribution is -0.176. The number of ether oxygens (including phenoxy) is 1. The zero-order chi connectivity index (χ0) is 10.6. The van der Waals surface area contributed by atoms with E-state index in [0.717, 1.165) is 0 Å². The lowest BCUT2D eigenvalue weighted by Crippen LogP contribution is -2.17. The molecule has 0 spiro atoms. The lowest BCUT2D eigenvalue weighted by atomic mass is 10.2. The maximum absolute atomic E-state index is 11.7. The minimum absolute atomic E-state index is 0.136. The van der Waals surface area contributed by atoms with Gasteiger partial charge in [0, 0.05) is 5.56 Å². The molecular formula is C8H10F3NO2. The Kier molecular flexibility index (Phi) is 3.54. The predicted octanol–water partition coefficient (Wildman–Crippen LogP) is 1.82. The molecule has 0 fully saturated rings. The van der Waals surface area contributed by atoms with E-state index in [0.29, 0.717) is 11.3 Å². The van der Waals surface area contributed by atoms with E-state index in [2.05, 4.69) is 4.74 Å². The number of alkyl halides is 3. The molecule has 0 saturated carbocycles. The van der Waals surface area contributed by atoms with Crippen molar-refractivity contribution in [2.24, 2.45) is 5.73 Å². The maximum Gasteiger partial charge on any atom is 0.411 e. The number of rotatable bonds is 4. The molecule has 0 amide bonds. The molecule has 3 nitrogen and oxygen atoms in total. The first kappa shape index (κ1) is 11.1. The number of halogens is 3. The molecule has 0 aliphatic heterocycles. The number of hydrogen-bond acceptors (Lipinski definition) is 3. The maximum atomic E-state index is 11.7. The first-order valence-electron chi connectivity index (χ1n) is 3.93. The van der Waals surface area contributed by atoms with Gasteiger partial charge in [0.15, 0.2) is 0 Å². The van der Waals surface area contributed by atoms with Crippen molar-refractivity contribution in [2.45, 2.75) is 19.3 Å². The van der Waals surface area contributed by atoms with E-state index in [-0.39, 0.29) is 13.2 Å². The Balaban J connectivity index is 2.38. The molecule has 1 aromatic heterocycles. The van der Waals surface area contributed by atoms with Crippen LogP contribution in [0.5, 0.6) is 0 Å². The summed E-state index contributed by atoms with van der Waals surface area (Å²) in [6.45, 7) is -1.25. The van der Waals surface area contributed by atoms with Crippen LogP contribution < -0.4 is 5.73 Å². The average molecular weight is 209 g/mol. The predicted molar refractivity (Wildman–Crippen MR) is 42.3 cm³/mol. The Morgan fingerprint density at radius 1 is 1.43 bits per heavy atom. The van der Waals surface area contributed by atoms with E-state index in [4.69, 9.17) is 10.2 Å². The van der Waals surface area contributed by atoms with E-state index in [9.17, 15) is 13.2 Å². The minimum atomic E-state index is -4.30. The third-order valence-corrected chi connectivity index (χ3v) is 1.55. The molecule has 0 aromatic carbocycles. The molecule has 0 aliphatic rings. The molecule has 0 aliphatic carbocycles. The number of nitrogens with two attached hydrogens (primary N) is 1. The molecule has 1 heterocycles. The molecule has 80 valence electrons. The molecule has 0 radical (unpaired) electrons. The second-order valence-corrected chi connectivity index (χ2v) is 2.68. The first-order chi connectivity index (χ1) is 6.53. The van der Waals surface area contributed by atoms with Gasteiger partial charge in [-0.3, -0.25) is 0 Å². The summed E-state index contributed by atoms with van der Waals surface area (Å²) in [5.74, 6) is 0.451. The van der Waals surface area contributed by atoms with Crippen molar-refractivity contribution in [3.8, 4) is 0 Å². The van der Waals surface area contributed by atoms with Crippen LogP contribution in [0.3, 0.4) is 0 Å². The van der Waals surface area contributed by atoms with Crippen molar-refractivity contribution < 1.29 is 22.3 Å².